The van der Waals surface area contributed by atoms with E-state index in [9.17, 15) is 14.7 Å². The van der Waals surface area contributed by atoms with E-state index in [1.165, 1.54) is 25.3 Å². The fourth-order valence-corrected chi connectivity index (χ4v) is 1.36. The molecule has 0 saturated heterocycles. The monoisotopic (exact) mass is 267 g/mol. The Bertz CT molecular complexity index is 458. The third-order valence-electron chi connectivity index (χ3n) is 2.38. The van der Waals surface area contributed by atoms with Gasteiger partial charge in [0, 0.05) is 11.8 Å². The molecule has 0 aliphatic rings. The van der Waals surface area contributed by atoms with Gasteiger partial charge in [0.25, 0.3) is 0 Å². The average molecular weight is 267 g/mol. The highest BCUT2D eigenvalue weighted by molar-refractivity contribution is 5.94. The number of nitrogens with one attached hydrogen (secondary N) is 1. The number of amides is 1. The summed E-state index contributed by atoms with van der Waals surface area (Å²) < 4.78 is 9.39. The van der Waals surface area contributed by atoms with Crippen LogP contribution in [0.2, 0.25) is 0 Å². The number of benzene rings is 1. The highest BCUT2D eigenvalue weighted by Crippen LogP contribution is 2.22. The van der Waals surface area contributed by atoms with Crippen LogP contribution in [0.4, 0.5) is 10.5 Å². The number of methoxy groups -OCH3 is 1. The second-order valence-electron chi connectivity index (χ2n) is 3.84. The first-order valence-electron chi connectivity index (χ1n) is 5.93. The first kappa shape index (κ1) is 14.8. The lowest BCUT2D eigenvalue weighted by atomic mass is 10.2. The van der Waals surface area contributed by atoms with Gasteiger partial charge in [-0.15, -0.1) is 0 Å². The molecule has 6 nitrogen and oxygen atoms in total. The van der Waals surface area contributed by atoms with Gasteiger partial charge in [-0.05, 0) is 18.6 Å². The van der Waals surface area contributed by atoms with E-state index in [4.69, 9.17) is 4.74 Å². The van der Waals surface area contributed by atoms with E-state index in [0.717, 1.165) is 12.8 Å². The molecule has 1 amide bonds. The quantitative estimate of drug-likeness (QED) is 0.632. The van der Waals surface area contributed by atoms with E-state index in [0.29, 0.717) is 12.3 Å². The average Bonchev–Trinajstić information content (AvgIpc) is 2.38. The maximum Gasteiger partial charge on any atom is 0.411 e. The number of hydrogen-bond acceptors (Lipinski definition) is 5. The third-order valence-corrected chi connectivity index (χ3v) is 2.38. The molecule has 0 spiro atoms. The number of ether oxygens (including phenoxy) is 2. The Morgan fingerprint density at radius 2 is 2.11 bits per heavy atom. The van der Waals surface area contributed by atoms with Gasteiger partial charge >= 0.3 is 12.1 Å². The maximum absolute atomic E-state index is 11.4. The van der Waals surface area contributed by atoms with E-state index in [1.54, 1.807) is 0 Å². The van der Waals surface area contributed by atoms with Crippen LogP contribution in [0.25, 0.3) is 0 Å². The molecule has 0 aromatic heterocycles. The van der Waals surface area contributed by atoms with Gasteiger partial charge < -0.3 is 14.6 Å². The molecule has 0 radical (unpaired) electrons. The predicted molar refractivity (Wildman–Crippen MR) is 69.3 cm³/mol. The van der Waals surface area contributed by atoms with Gasteiger partial charge in [0.15, 0.2) is 0 Å². The van der Waals surface area contributed by atoms with Crippen molar-refractivity contribution in [3.05, 3.63) is 23.8 Å². The molecule has 0 atom stereocenters. The molecule has 19 heavy (non-hydrogen) atoms. The second kappa shape index (κ2) is 7.25. The lowest BCUT2D eigenvalue weighted by molar-refractivity contribution is 0.0597. The van der Waals surface area contributed by atoms with Crippen molar-refractivity contribution >= 4 is 17.7 Å². The minimum Gasteiger partial charge on any atom is -0.507 e. The number of rotatable bonds is 5. The molecule has 0 unspecified atom stereocenters. The summed E-state index contributed by atoms with van der Waals surface area (Å²) >= 11 is 0. The first-order chi connectivity index (χ1) is 9.08. The van der Waals surface area contributed by atoms with Crippen LogP contribution < -0.4 is 5.32 Å². The van der Waals surface area contributed by atoms with Gasteiger partial charge in [0.1, 0.15) is 11.3 Å². The van der Waals surface area contributed by atoms with Crippen molar-refractivity contribution in [2.24, 2.45) is 0 Å². The van der Waals surface area contributed by atoms with Gasteiger partial charge in [-0.2, -0.15) is 0 Å². The number of aromatic hydroxyl groups is 1. The Kier molecular flexibility index (Phi) is 5.66. The zero-order valence-corrected chi connectivity index (χ0v) is 10.9. The van der Waals surface area contributed by atoms with Crippen molar-refractivity contribution in [2.45, 2.75) is 19.8 Å². The molecule has 1 rings (SSSR count). The van der Waals surface area contributed by atoms with E-state index < -0.39 is 12.1 Å². The molecule has 1 aromatic carbocycles. The predicted octanol–water partition coefficient (Wildman–Crippen LogP) is 2.53. The number of phenols is 1. The lowest BCUT2D eigenvalue weighted by Gasteiger charge is -2.08. The maximum atomic E-state index is 11.4. The van der Waals surface area contributed by atoms with Crippen molar-refractivity contribution < 1.29 is 24.2 Å². The smallest absolute Gasteiger partial charge is 0.411 e. The molecule has 0 aliphatic carbocycles. The number of anilines is 1. The van der Waals surface area contributed by atoms with Gasteiger partial charge in [0.2, 0.25) is 0 Å². The van der Waals surface area contributed by atoms with Crippen LogP contribution in [0.1, 0.15) is 30.1 Å². The van der Waals surface area contributed by atoms with Crippen molar-refractivity contribution in [3.8, 4) is 5.75 Å². The summed E-state index contributed by atoms with van der Waals surface area (Å²) in [5.74, 6) is -0.909. The lowest BCUT2D eigenvalue weighted by Crippen LogP contribution is -2.14. The summed E-state index contributed by atoms with van der Waals surface area (Å²) in [5.41, 5.74) is 0.374. The van der Waals surface area contributed by atoms with Crippen LogP contribution in [-0.2, 0) is 9.47 Å². The van der Waals surface area contributed by atoms with E-state index in [2.05, 4.69) is 10.1 Å². The molecule has 104 valence electrons. The number of hydrogen-bond donors (Lipinski definition) is 2. The normalized spacial score (nSPS) is 9.79. The number of phenolic OH excluding ortho intramolecular Hbond substituents is 1. The van der Waals surface area contributed by atoms with Crippen LogP contribution in [0.15, 0.2) is 18.2 Å². The minimum atomic E-state index is -0.644. The Hall–Kier alpha value is -2.24. The molecule has 0 aliphatic heterocycles. The SMILES string of the molecule is CCCCOC(=O)Nc1ccc(C(=O)OC)c(O)c1. The molecule has 0 heterocycles. The minimum absolute atomic E-state index is 0.0346. The largest absolute Gasteiger partial charge is 0.507 e. The van der Waals surface area contributed by atoms with Crippen LogP contribution in [0.3, 0.4) is 0 Å². The number of carbonyl (C=O) groups is 2. The van der Waals surface area contributed by atoms with Gasteiger partial charge in [-0.3, -0.25) is 5.32 Å². The summed E-state index contributed by atoms with van der Waals surface area (Å²) in [7, 11) is 1.22. The zero-order valence-electron chi connectivity index (χ0n) is 10.9. The fourth-order valence-electron chi connectivity index (χ4n) is 1.36. The molecule has 0 fully saturated rings. The molecule has 0 saturated carbocycles. The summed E-state index contributed by atoms with van der Waals surface area (Å²) in [6.45, 7) is 2.33. The Labute approximate surface area is 111 Å². The second-order valence-corrected chi connectivity index (χ2v) is 3.84. The van der Waals surface area contributed by atoms with Gasteiger partial charge in [-0.25, -0.2) is 9.59 Å². The highest BCUT2D eigenvalue weighted by Gasteiger charge is 2.12. The number of unbranched alkanes of at least 4 members (excludes halogenated alkanes) is 1. The molecule has 1 aromatic rings. The number of esters is 1. The molecular weight excluding hydrogens is 250 g/mol. The topological polar surface area (TPSA) is 84.9 Å². The summed E-state index contributed by atoms with van der Waals surface area (Å²) in [4.78, 5) is 22.6. The van der Waals surface area contributed by atoms with E-state index in [-0.39, 0.29) is 11.3 Å². The Morgan fingerprint density at radius 3 is 2.68 bits per heavy atom. The Balaban J connectivity index is 2.63. The van der Waals surface area contributed by atoms with Crippen molar-refractivity contribution in [3.63, 3.8) is 0 Å². The summed E-state index contributed by atoms with van der Waals surface area (Å²) in [6, 6.07) is 4.10. The van der Waals surface area contributed by atoms with Crippen molar-refractivity contribution in [2.75, 3.05) is 19.0 Å². The number of carbonyl (C=O) groups excluding carboxylic acids is 2. The summed E-state index contributed by atoms with van der Waals surface area (Å²) in [6.07, 6.45) is 1.13. The van der Waals surface area contributed by atoms with E-state index >= 15 is 0 Å². The fraction of sp³-hybridized carbons (Fsp3) is 0.385. The molecule has 2 N–H and O–H groups in total. The van der Waals surface area contributed by atoms with Crippen LogP contribution in [0, 0.1) is 0 Å². The van der Waals surface area contributed by atoms with Crippen molar-refractivity contribution in [1.29, 1.82) is 0 Å². The molecule has 6 heteroatoms. The zero-order chi connectivity index (χ0) is 14.3. The van der Waals surface area contributed by atoms with Crippen LogP contribution in [0.5, 0.6) is 5.75 Å². The molecule has 0 bridgehead atoms. The summed E-state index contributed by atoms with van der Waals surface area (Å²) in [5, 5.41) is 12.1. The standard InChI is InChI=1S/C13H17NO5/c1-3-4-7-19-13(17)14-9-5-6-10(11(15)8-9)12(16)18-2/h5-6,8,15H,3-4,7H2,1-2H3,(H,14,17). The van der Waals surface area contributed by atoms with Gasteiger partial charge in [-0.1, -0.05) is 13.3 Å². The van der Waals surface area contributed by atoms with Crippen LogP contribution in [-0.4, -0.2) is 30.9 Å². The molecular formula is C13H17NO5. The Morgan fingerprint density at radius 1 is 1.37 bits per heavy atom. The van der Waals surface area contributed by atoms with Gasteiger partial charge in [0.05, 0.1) is 13.7 Å². The van der Waals surface area contributed by atoms with Crippen LogP contribution >= 0.6 is 0 Å². The first-order valence-corrected chi connectivity index (χ1v) is 5.93. The van der Waals surface area contributed by atoms with E-state index in [1.807, 2.05) is 6.92 Å². The third kappa shape index (κ3) is 4.50. The highest BCUT2D eigenvalue weighted by atomic mass is 16.5. The van der Waals surface area contributed by atoms with Crippen molar-refractivity contribution in [1.82, 2.24) is 0 Å².